The molecule has 136 valence electrons. The van der Waals surface area contributed by atoms with Gasteiger partial charge in [-0.1, -0.05) is 25.8 Å². The number of esters is 1. The highest BCUT2D eigenvalue weighted by atomic mass is 16.5. The summed E-state index contributed by atoms with van der Waals surface area (Å²) in [5, 5.41) is 12.5. The maximum absolute atomic E-state index is 11.9. The molecular weight excluding hydrogens is 322 g/mol. The number of benzene rings is 1. The molecule has 2 atom stereocenters. The molecule has 2 N–H and O–H groups in total. The van der Waals surface area contributed by atoms with E-state index in [2.05, 4.69) is 12.2 Å². The Morgan fingerprint density at radius 2 is 2.08 bits per heavy atom. The van der Waals surface area contributed by atoms with Gasteiger partial charge in [-0.3, -0.25) is 4.79 Å². The first kappa shape index (κ1) is 18.8. The van der Waals surface area contributed by atoms with E-state index >= 15 is 0 Å². The average Bonchev–Trinajstić information content (AvgIpc) is 2.61. The molecule has 0 unspecified atom stereocenters. The van der Waals surface area contributed by atoms with Crippen molar-refractivity contribution in [1.82, 2.24) is 5.32 Å². The summed E-state index contributed by atoms with van der Waals surface area (Å²) in [4.78, 5) is 23.6. The van der Waals surface area contributed by atoms with Gasteiger partial charge >= 0.3 is 5.97 Å². The van der Waals surface area contributed by atoms with E-state index in [1.807, 2.05) is 0 Å². The number of methoxy groups -OCH3 is 1. The fourth-order valence-electron chi connectivity index (χ4n) is 2.93. The van der Waals surface area contributed by atoms with Gasteiger partial charge in [0.1, 0.15) is 0 Å². The largest absolute Gasteiger partial charge is 0.504 e. The second kappa shape index (κ2) is 9.11. The van der Waals surface area contributed by atoms with E-state index in [9.17, 15) is 14.7 Å². The lowest BCUT2D eigenvalue weighted by Gasteiger charge is -2.29. The van der Waals surface area contributed by atoms with Crippen LogP contribution in [0.25, 0.3) is 6.08 Å². The van der Waals surface area contributed by atoms with Crippen LogP contribution in [-0.2, 0) is 14.3 Å². The van der Waals surface area contributed by atoms with E-state index in [1.54, 1.807) is 12.1 Å². The molecule has 0 aliphatic heterocycles. The van der Waals surface area contributed by atoms with E-state index in [0.717, 1.165) is 19.3 Å². The Kier molecular flexibility index (Phi) is 6.86. The fourth-order valence-corrected chi connectivity index (χ4v) is 2.93. The first-order chi connectivity index (χ1) is 12.0. The molecule has 1 aliphatic rings. The molecule has 25 heavy (non-hydrogen) atoms. The van der Waals surface area contributed by atoms with Gasteiger partial charge in [0.05, 0.1) is 7.11 Å². The molecule has 1 aromatic rings. The van der Waals surface area contributed by atoms with Crippen LogP contribution in [0.1, 0.15) is 38.2 Å². The van der Waals surface area contributed by atoms with Gasteiger partial charge in [0.25, 0.3) is 5.91 Å². The summed E-state index contributed by atoms with van der Waals surface area (Å²) in [6.07, 6.45) is 7.18. The van der Waals surface area contributed by atoms with E-state index < -0.39 is 5.97 Å². The summed E-state index contributed by atoms with van der Waals surface area (Å²) in [5.74, 6) is -0.0733. The van der Waals surface area contributed by atoms with Crippen LogP contribution in [0.15, 0.2) is 24.3 Å². The first-order valence-corrected chi connectivity index (χ1v) is 8.51. The smallest absolute Gasteiger partial charge is 0.331 e. The Bertz CT molecular complexity index is 641. The predicted octanol–water partition coefficient (Wildman–Crippen LogP) is 2.65. The zero-order chi connectivity index (χ0) is 18.2. The summed E-state index contributed by atoms with van der Waals surface area (Å²) in [5.41, 5.74) is 0.673. The molecular formula is C19H25NO5. The number of phenolic OH excluding ortho intramolecular Hbond substituents is 1. The van der Waals surface area contributed by atoms with Crippen molar-refractivity contribution in [2.24, 2.45) is 5.92 Å². The molecule has 1 saturated carbocycles. The van der Waals surface area contributed by atoms with Crippen LogP contribution in [0, 0.1) is 5.92 Å². The van der Waals surface area contributed by atoms with Gasteiger partial charge in [0.2, 0.25) is 0 Å². The zero-order valence-corrected chi connectivity index (χ0v) is 14.7. The molecule has 1 amide bonds. The van der Waals surface area contributed by atoms with Crippen molar-refractivity contribution in [2.75, 3.05) is 13.7 Å². The number of carbonyl (C=O) groups is 2. The Balaban J connectivity index is 1.78. The van der Waals surface area contributed by atoms with Crippen molar-refractivity contribution in [3.8, 4) is 11.5 Å². The lowest BCUT2D eigenvalue weighted by molar-refractivity contribution is -0.144. The van der Waals surface area contributed by atoms with Crippen molar-refractivity contribution in [1.29, 1.82) is 0 Å². The average molecular weight is 347 g/mol. The number of amides is 1. The normalized spacial score (nSPS) is 20.2. The lowest BCUT2D eigenvalue weighted by atomic mass is 9.86. The second-order valence-electron chi connectivity index (χ2n) is 6.31. The van der Waals surface area contributed by atoms with Crippen LogP contribution in [-0.4, -0.2) is 36.7 Å². The number of hydrogen-bond acceptors (Lipinski definition) is 5. The number of rotatable bonds is 6. The molecule has 0 bridgehead atoms. The number of phenols is 1. The Hall–Kier alpha value is -2.50. The third kappa shape index (κ3) is 5.81. The highest BCUT2D eigenvalue weighted by molar-refractivity contribution is 5.89. The fraction of sp³-hybridized carbons (Fsp3) is 0.474. The van der Waals surface area contributed by atoms with Crippen LogP contribution in [0.4, 0.5) is 0 Å². The number of aromatic hydroxyl groups is 1. The summed E-state index contributed by atoms with van der Waals surface area (Å²) in [6, 6.07) is 4.87. The zero-order valence-electron chi connectivity index (χ0n) is 14.7. The lowest BCUT2D eigenvalue weighted by Crippen LogP contribution is -2.42. The molecule has 1 aromatic carbocycles. The number of hydrogen-bond donors (Lipinski definition) is 2. The van der Waals surface area contributed by atoms with E-state index in [0.29, 0.717) is 17.2 Å². The van der Waals surface area contributed by atoms with Crippen LogP contribution < -0.4 is 10.1 Å². The predicted molar refractivity (Wildman–Crippen MR) is 94.2 cm³/mol. The van der Waals surface area contributed by atoms with Gasteiger partial charge in [-0.25, -0.2) is 4.79 Å². The van der Waals surface area contributed by atoms with Gasteiger partial charge in [0, 0.05) is 12.1 Å². The standard InChI is InChI=1S/C19H25NO5/c1-13-5-3-4-6-15(13)20-18(22)12-25-19(23)10-8-14-7-9-16(21)17(11-14)24-2/h7-11,13,15,21H,3-6,12H2,1-2H3,(H,20,22)/b10-8+/t13-,15-/m0/s1. The van der Waals surface area contributed by atoms with Crippen LogP contribution >= 0.6 is 0 Å². The van der Waals surface area contributed by atoms with Crippen molar-refractivity contribution >= 4 is 18.0 Å². The van der Waals surface area contributed by atoms with Crippen LogP contribution in [0.3, 0.4) is 0 Å². The van der Waals surface area contributed by atoms with Crippen molar-refractivity contribution in [2.45, 2.75) is 38.6 Å². The minimum atomic E-state index is -0.598. The maximum Gasteiger partial charge on any atom is 0.331 e. The Morgan fingerprint density at radius 3 is 2.80 bits per heavy atom. The topological polar surface area (TPSA) is 84.9 Å². The molecule has 0 saturated heterocycles. The number of ether oxygens (including phenoxy) is 2. The summed E-state index contributed by atoms with van der Waals surface area (Å²) < 4.78 is 9.96. The van der Waals surface area contributed by atoms with Crippen molar-refractivity contribution < 1.29 is 24.2 Å². The highest BCUT2D eigenvalue weighted by Gasteiger charge is 2.22. The van der Waals surface area contributed by atoms with Crippen LogP contribution in [0.5, 0.6) is 11.5 Å². The van der Waals surface area contributed by atoms with E-state index in [-0.39, 0.29) is 24.3 Å². The molecule has 0 heterocycles. The van der Waals surface area contributed by atoms with Crippen LogP contribution in [0.2, 0.25) is 0 Å². The first-order valence-electron chi connectivity index (χ1n) is 8.51. The van der Waals surface area contributed by atoms with Gasteiger partial charge in [-0.15, -0.1) is 0 Å². The highest BCUT2D eigenvalue weighted by Crippen LogP contribution is 2.26. The summed E-state index contributed by atoms with van der Waals surface area (Å²) >= 11 is 0. The van der Waals surface area contributed by atoms with Gasteiger partial charge in [-0.2, -0.15) is 0 Å². The third-order valence-corrected chi connectivity index (χ3v) is 4.42. The summed E-state index contributed by atoms with van der Waals surface area (Å²) in [7, 11) is 1.45. The van der Waals surface area contributed by atoms with Gasteiger partial charge < -0.3 is 19.9 Å². The Morgan fingerprint density at radius 1 is 1.32 bits per heavy atom. The minimum Gasteiger partial charge on any atom is -0.504 e. The van der Waals surface area contributed by atoms with Crippen molar-refractivity contribution in [3.63, 3.8) is 0 Å². The molecule has 2 rings (SSSR count). The molecule has 0 aromatic heterocycles. The van der Waals surface area contributed by atoms with E-state index in [1.165, 1.54) is 31.7 Å². The van der Waals surface area contributed by atoms with Crippen molar-refractivity contribution in [3.05, 3.63) is 29.8 Å². The third-order valence-electron chi connectivity index (χ3n) is 4.42. The SMILES string of the molecule is COc1cc(/C=C/C(=O)OCC(=O)N[C@H]2CCCC[C@@H]2C)ccc1O. The van der Waals surface area contributed by atoms with Gasteiger partial charge in [-0.05, 0) is 42.5 Å². The number of carbonyl (C=O) groups excluding carboxylic acids is 2. The quantitative estimate of drug-likeness (QED) is 0.610. The van der Waals surface area contributed by atoms with Gasteiger partial charge in [0.15, 0.2) is 18.1 Å². The summed E-state index contributed by atoms with van der Waals surface area (Å²) in [6.45, 7) is 1.84. The molecule has 0 radical (unpaired) electrons. The molecule has 6 heteroatoms. The Labute approximate surface area is 147 Å². The monoisotopic (exact) mass is 347 g/mol. The molecule has 1 fully saturated rings. The molecule has 1 aliphatic carbocycles. The number of nitrogens with one attached hydrogen (secondary N) is 1. The minimum absolute atomic E-state index is 0.0239. The van der Waals surface area contributed by atoms with E-state index in [4.69, 9.17) is 9.47 Å². The molecule has 0 spiro atoms. The second-order valence-corrected chi connectivity index (χ2v) is 6.31. The molecule has 6 nitrogen and oxygen atoms in total. The maximum atomic E-state index is 11.9.